The van der Waals surface area contributed by atoms with E-state index < -0.39 is 0 Å². The Morgan fingerprint density at radius 3 is 3.06 bits per heavy atom. The molecule has 1 aromatic rings. The fourth-order valence-electron chi connectivity index (χ4n) is 3.29. The molecule has 0 saturated carbocycles. The SMILES string of the molecule is Cc1cc(CN2CCN3CCCC3C2)oc1CN. The Morgan fingerprint density at radius 2 is 2.28 bits per heavy atom. The maximum Gasteiger partial charge on any atom is 0.120 e. The second-order valence-electron chi connectivity index (χ2n) is 5.59. The van der Waals surface area contributed by atoms with Crippen molar-refractivity contribution in [2.24, 2.45) is 5.73 Å². The number of aryl methyl sites for hydroxylation is 1. The Hall–Kier alpha value is -0.840. The number of nitrogens with zero attached hydrogens (tertiary/aromatic N) is 2. The zero-order valence-electron chi connectivity index (χ0n) is 11.2. The minimum absolute atomic E-state index is 0.502. The van der Waals surface area contributed by atoms with E-state index in [0.29, 0.717) is 6.54 Å². The minimum atomic E-state index is 0.502. The average molecular weight is 249 g/mol. The van der Waals surface area contributed by atoms with Crippen molar-refractivity contribution in [2.75, 3.05) is 26.2 Å². The molecule has 0 bridgehead atoms. The fraction of sp³-hybridized carbons (Fsp3) is 0.714. The number of nitrogens with two attached hydrogens (primary N) is 1. The zero-order chi connectivity index (χ0) is 12.5. The van der Waals surface area contributed by atoms with Crippen LogP contribution in [-0.2, 0) is 13.1 Å². The highest BCUT2D eigenvalue weighted by Gasteiger charge is 2.30. The van der Waals surface area contributed by atoms with E-state index in [9.17, 15) is 0 Å². The highest BCUT2D eigenvalue weighted by molar-refractivity contribution is 5.19. The molecule has 2 saturated heterocycles. The predicted molar refractivity (Wildman–Crippen MR) is 71.2 cm³/mol. The molecule has 0 amide bonds. The summed E-state index contributed by atoms with van der Waals surface area (Å²) in [5.41, 5.74) is 6.84. The fourth-order valence-corrected chi connectivity index (χ4v) is 3.29. The Balaban J connectivity index is 1.62. The number of hydrogen-bond acceptors (Lipinski definition) is 4. The summed E-state index contributed by atoms with van der Waals surface area (Å²) in [5, 5.41) is 0. The second-order valence-corrected chi connectivity index (χ2v) is 5.59. The molecule has 0 spiro atoms. The summed E-state index contributed by atoms with van der Waals surface area (Å²) in [6, 6.07) is 2.92. The van der Waals surface area contributed by atoms with Gasteiger partial charge in [0.05, 0.1) is 13.1 Å². The van der Waals surface area contributed by atoms with Crippen LogP contribution in [0.4, 0.5) is 0 Å². The molecule has 100 valence electrons. The van der Waals surface area contributed by atoms with Crippen molar-refractivity contribution in [3.8, 4) is 0 Å². The van der Waals surface area contributed by atoms with Crippen molar-refractivity contribution in [3.63, 3.8) is 0 Å². The molecule has 3 rings (SSSR count). The number of piperazine rings is 1. The molecule has 3 heterocycles. The van der Waals surface area contributed by atoms with E-state index in [1.807, 2.05) is 0 Å². The van der Waals surface area contributed by atoms with Gasteiger partial charge in [-0.05, 0) is 37.9 Å². The van der Waals surface area contributed by atoms with Crippen molar-refractivity contribution in [1.29, 1.82) is 0 Å². The molecule has 2 aliphatic rings. The van der Waals surface area contributed by atoms with Gasteiger partial charge in [0.2, 0.25) is 0 Å². The lowest BCUT2D eigenvalue weighted by Crippen LogP contribution is -2.49. The molecular weight excluding hydrogens is 226 g/mol. The smallest absolute Gasteiger partial charge is 0.120 e. The first kappa shape index (κ1) is 12.2. The van der Waals surface area contributed by atoms with Crippen LogP contribution in [0.5, 0.6) is 0 Å². The van der Waals surface area contributed by atoms with E-state index >= 15 is 0 Å². The summed E-state index contributed by atoms with van der Waals surface area (Å²) in [4.78, 5) is 5.15. The molecule has 1 atom stereocenters. The van der Waals surface area contributed by atoms with Crippen molar-refractivity contribution in [3.05, 3.63) is 23.2 Å². The van der Waals surface area contributed by atoms with Crippen LogP contribution in [0.3, 0.4) is 0 Å². The van der Waals surface area contributed by atoms with Gasteiger partial charge < -0.3 is 10.2 Å². The molecule has 0 aliphatic carbocycles. The highest BCUT2D eigenvalue weighted by Crippen LogP contribution is 2.23. The van der Waals surface area contributed by atoms with E-state index in [1.165, 1.54) is 38.0 Å². The molecule has 4 heteroatoms. The minimum Gasteiger partial charge on any atom is -0.463 e. The van der Waals surface area contributed by atoms with Crippen LogP contribution in [0.25, 0.3) is 0 Å². The maximum absolute atomic E-state index is 5.80. The van der Waals surface area contributed by atoms with Gasteiger partial charge in [-0.1, -0.05) is 0 Å². The molecule has 2 fully saturated rings. The third-order valence-electron chi connectivity index (χ3n) is 4.31. The van der Waals surface area contributed by atoms with Crippen molar-refractivity contribution < 1.29 is 4.42 Å². The Labute approximate surface area is 109 Å². The first-order valence-corrected chi connectivity index (χ1v) is 7.01. The second kappa shape index (κ2) is 5.03. The maximum atomic E-state index is 5.80. The average Bonchev–Trinajstić information content (AvgIpc) is 2.95. The van der Waals surface area contributed by atoms with Crippen LogP contribution >= 0.6 is 0 Å². The molecule has 0 radical (unpaired) electrons. The highest BCUT2D eigenvalue weighted by atomic mass is 16.3. The summed E-state index contributed by atoms with van der Waals surface area (Å²) >= 11 is 0. The van der Waals surface area contributed by atoms with Crippen LogP contribution in [0.1, 0.15) is 29.9 Å². The van der Waals surface area contributed by atoms with Crippen molar-refractivity contribution >= 4 is 0 Å². The molecule has 1 aromatic heterocycles. The molecule has 0 aromatic carbocycles. The van der Waals surface area contributed by atoms with E-state index in [1.54, 1.807) is 0 Å². The quantitative estimate of drug-likeness (QED) is 0.878. The van der Waals surface area contributed by atoms with Crippen LogP contribution in [0, 0.1) is 6.92 Å². The Bertz CT molecular complexity index is 415. The lowest BCUT2D eigenvalue weighted by molar-refractivity contribution is 0.0938. The van der Waals surface area contributed by atoms with Gasteiger partial charge in [-0.3, -0.25) is 9.80 Å². The number of furan rings is 1. The van der Waals surface area contributed by atoms with Gasteiger partial charge >= 0.3 is 0 Å². The first-order chi connectivity index (χ1) is 8.76. The molecule has 4 nitrogen and oxygen atoms in total. The summed E-state index contributed by atoms with van der Waals surface area (Å²) in [6.07, 6.45) is 2.73. The first-order valence-electron chi connectivity index (χ1n) is 7.01. The van der Waals surface area contributed by atoms with Crippen molar-refractivity contribution in [1.82, 2.24) is 9.80 Å². The molecule has 2 aliphatic heterocycles. The van der Waals surface area contributed by atoms with Crippen LogP contribution < -0.4 is 5.73 Å². The van der Waals surface area contributed by atoms with Crippen LogP contribution in [0.2, 0.25) is 0 Å². The van der Waals surface area contributed by atoms with E-state index in [0.717, 1.165) is 30.7 Å². The molecule has 18 heavy (non-hydrogen) atoms. The van der Waals surface area contributed by atoms with E-state index in [4.69, 9.17) is 10.2 Å². The number of fused-ring (bicyclic) bond motifs is 1. The summed E-state index contributed by atoms with van der Waals surface area (Å²) in [7, 11) is 0. The van der Waals surface area contributed by atoms with Gasteiger partial charge in [0, 0.05) is 25.7 Å². The van der Waals surface area contributed by atoms with Gasteiger partial charge in [0.1, 0.15) is 11.5 Å². The van der Waals surface area contributed by atoms with Gasteiger partial charge in [-0.15, -0.1) is 0 Å². The van der Waals surface area contributed by atoms with E-state index in [-0.39, 0.29) is 0 Å². The predicted octanol–water partition coefficient (Wildman–Crippen LogP) is 1.33. The largest absolute Gasteiger partial charge is 0.463 e. The summed E-state index contributed by atoms with van der Waals surface area (Å²) < 4.78 is 5.80. The van der Waals surface area contributed by atoms with Gasteiger partial charge in [-0.25, -0.2) is 0 Å². The van der Waals surface area contributed by atoms with Gasteiger partial charge in [-0.2, -0.15) is 0 Å². The Morgan fingerprint density at radius 1 is 1.39 bits per heavy atom. The molecular formula is C14H23N3O. The zero-order valence-corrected chi connectivity index (χ0v) is 11.2. The lowest BCUT2D eigenvalue weighted by atomic mass is 10.1. The number of hydrogen-bond donors (Lipinski definition) is 1. The van der Waals surface area contributed by atoms with Crippen molar-refractivity contribution in [2.45, 2.75) is 38.9 Å². The van der Waals surface area contributed by atoms with Crippen LogP contribution in [-0.4, -0.2) is 42.0 Å². The monoisotopic (exact) mass is 249 g/mol. The standard InChI is InChI=1S/C14H23N3O/c1-11-7-13(18-14(11)8-15)10-16-5-6-17-4-2-3-12(17)9-16/h7,12H,2-6,8-10,15H2,1H3. The van der Waals surface area contributed by atoms with Crippen LogP contribution in [0.15, 0.2) is 10.5 Å². The van der Waals surface area contributed by atoms with Gasteiger partial charge in [0.15, 0.2) is 0 Å². The van der Waals surface area contributed by atoms with Gasteiger partial charge in [0.25, 0.3) is 0 Å². The topological polar surface area (TPSA) is 45.6 Å². The third-order valence-corrected chi connectivity index (χ3v) is 4.31. The lowest BCUT2D eigenvalue weighted by Gasteiger charge is -2.37. The summed E-state index contributed by atoms with van der Waals surface area (Å²) in [5.74, 6) is 2.00. The summed E-state index contributed by atoms with van der Waals surface area (Å²) in [6.45, 7) is 8.38. The molecule has 1 unspecified atom stereocenters. The third kappa shape index (κ3) is 2.32. The molecule has 2 N–H and O–H groups in total. The number of rotatable bonds is 3. The Kier molecular flexibility index (Phi) is 3.41. The normalized spacial score (nSPS) is 25.6. The van der Waals surface area contributed by atoms with E-state index in [2.05, 4.69) is 22.8 Å².